The van der Waals surface area contributed by atoms with E-state index < -0.39 is 11.8 Å². The fourth-order valence-corrected chi connectivity index (χ4v) is 2.22. The number of halogens is 1. The summed E-state index contributed by atoms with van der Waals surface area (Å²) < 4.78 is 10.3. The quantitative estimate of drug-likeness (QED) is 0.477. The molecule has 0 fully saturated rings. The molecule has 7 nitrogen and oxygen atoms in total. The highest BCUT2D eigenvalue weighted by Crippen LogP contribution is 2.23. The third-order valence-corrected chi connectivity index (χ3v) is 3.70. The van der Waals surface area contributed by atoms with Crippen LogP contribution in [0, 0.1) is 6.92 Å². The van der Waals surface area contributed by atoms with Crippen LogP contribution in [0.1, 0.15) is 11.1 Å². The van der Waals surface area contributed by atoms with Crippen LogP contribution in [-0.4, -0.2) is 32.2 Å². The van der Waals surface area contributed by atoms with Crippen molar-refractivity contribution in [2.75, 3.05) is 19.5 Å². The van der Waals surface area contributed by atoms with Gasteiger partial charge in [0.15, 0.2) is 0 Å². The molecule has 2 aromatic rings. The van der Waals surface area contributed by atoms with Crippen LogP contribution in [0.25, 0.3) is 0 Å². The molecule has 0 aliphatic heterocycles. The van der Waals surface area contributed by atoms with Gasteiger partial charge in [0.2, 0.25) is 0 Å². The maximum absolute atomic E-state index is 11.9. The summed E-state index contributed by atoms with van der Waals surface area (Å²) in [7, 11) is 3.05. The van der Waals surface area contributed by atoms with Crippen molar-refractivity contribution in [3.8, 4) is 11.5 Å². The number of aryl methyl sites for hydroxylation is 1. The molecule has 2 aromatic carbocycles. The Bertz CT molecular complexity index is 852. The second-order valence-corrected chi connectivity index (χ2v) is 5.66. The summed E-state index contributed by atoms with van der Waals surface area (Å²) in [5.41, 5.74) is 4.01. The fraction of sp³-hybridized carbons (Fsp3) is 0.167. The molecule has 2 amide bonds. The first-order chi connectivity index (χ1) is 12.4. The first kappa shape index (κ1) is 19.3. The summed E-state index contributed by atoms with van der Waals surface area (Å²) in [6.45, 7) is 1.79. The zero-order chi connectivity index (χ0) is 19.1. The lowest BCUT2D eigenvalue weighted by atomic mass is 10.2. The molecule has 0 saturated carbocycles. The van der Waals surface area contributed by atoms with Crippen LogP contribution in [0.5, 0.6) is 11.5 Å². The topological polar surface area (TPSA) is 89.0 Å². The lowest BCUT2D eigenvalue weighted by Crippen LogP contribution is -2.32. The van der Waals surface area contributed by atoms with Gasteiger partial charge in [0.1, 0.15) is 11.5 Å². The fourth-order valence-electron chi connectivity index (χ4n) is 2.04. The van der Waals surface area contributed by atoms with E-state index in [4.69, 9.17) is 21.1 Å². The molecule has 0 aromatic heterocycles. The summed E-state index contributed by atoms with van der Waals surface area (Å²) in [5.74, 6) is -0.622. The normalized spacial score (nSPS) is 10.5. The number of methoxy groups -OCH3 is 2. The number of amides is 2. The second-order valence-electron chi connectivity index (χ2n) is 5.22. The molecule has 2 N–H and O–H groups in total. The van der Waals surface area contributed by atoms with Crippen LogP contribution in [0.15, 0.2) is 41.5 Å². The van der Waals surface area contributed by atoms with Gasteiger partial charge in [-0.05, 0) is 36.8 Å². The molecule has 26 heavy (non-hydrogen) atoms. The molecular formula is C18H18ClN3O4. The largest absolute Gasteiger partial charge is 0.497 e. The minimum atomic E-state index is -0.909. The van der Waals surface area contributed by atoms with Crippen molar-refractivity contribution in [3.05, 3.63) is 52.5 Å². The van der Waals surface area contributed by atoms with E-state index in [9.17, 15) is 9.59 Å². The summed E-state index contributed by atoms with van der Waals surface area (Å²) in [5, 5.41) is 6.72. The van der Waals surface area contributed by atoms with Crippen molar-refractivity contribution in [2.45, 2.75) is 6.92 Å². The van der Waals surface area contributed by atoms with E-state index in [1.54, 1.807) is 50.4 Å². The zero-order valence-electron chi connectivity index (χ0n) is 14.5. The first-order valence-electron chi connectivity index (χ1n) is 7.57. The van der Waals surface area contributed by atoms with Crippen LogP contribution in [0.4, 0.5) is 5.69 Å². The maximum Gasteiger partial charge on any atom is 0.329 e. The van der Waals surface area contributed by atoms with Gasteiger partial charge in [0, 0.05) is 22.3 Å². The molecule has 0 spiro atoms. The molecule has 0 aliphatic carbocycles. The minimum absolute atomic E-state index is 0.455. The Morgan fingerprint density at radius 2 is 1.85 bits per heavy atom. The lowest BCUT2D eigenvalue weighted by molar-refractivity contribution is -0.136. The van der Waals surface area contributed by atoms with E-state index in [0.29, 0.717) is 27.8 Å². The van der Waals surface area contributed by atoms with Crippen molar-refractivity contribution >= 4 is 35.3 Å². The minimum Gasteiger partial charge on any atom is -0.497 e. The van der Waals surface area contributed by atoms with Crippen molar-refractivity contribution < 1.29 is 19.1 Å². The van der Waals surface area contributed by atoms with Crippen LogP contribution in [0.2, 0.25) is 5.02 Å². The van der Waals surface area contributed by atoms with Crippen LogP contribution in [-0.2, 0) is 9.59 Å². The van der Waals surface area contributed by atoms with Crippen LogP contribution < -0.4 is 20.2 Å². The highest BCUT2D eigenvalue weighted by molar-refractivity contribution is 6.40. The number of ether oxygens (including phenoxy) is 2. The van der Waals surface area contributed by atoms with Gasteiger partial charge < -0.3 is 14.8 Å². The SMILES string of the molecule is COc1ccc(C=NNC(=O)C(=O)Nc2cc(Cl)ccc2C)c(OC)c1. The predicted molar refractivity (Wildman–Crippen MR) is 100 cm³/mol. The molecule has 0 bridgehead atoms. The van der Waals surface area contributed by atoms with Gasteiger partial charge >= 0.3 is 11.8 Å². The monoisotopic (exact) mass is 375 g/mol. The van der Waals surface area contributed by atoms with E-state index >= 15 is 0 Å². The van der Waals surface area contributed by atoms with E-state index in [1.807, 2.05) is 0 Å². The molecule has 0 radical (unpaired) electrons. The number of nitrogens with zero attached hydrogens (tertiary/aromatic N) is 1. The molecule has 0 saturated heterocycles. The number of hydrogen-bond donors (Lipinski definition) is 2. The highest BCUT2D eigenvalue weighted by Gasteiger charge is 2.14. The maximum atomic E-state index is 11.9. The number of nitrogens with one attached hydrogen (secondary N) is 2. The van der Waals surface area contributed by atoms with Crippen LogP contribution in [0.3, 0.4) is 0 Å². The zero-order valence-corrected chi connectivity index (χ0v) is 15.3. The number of hydrogen-bond acceptors (Lipinski definition) is 5. The Morgan fingerprint density at radius 1 is 1.08 bits per heavy atom. The van der Waals surface area contributed by atoms with E-state index in [1.165, 1.54) is 13.3 Å². The number of carbonyl (C=O) groups is 2. The van der Waals surface area contributed by atoms with Gasteiger partial charge in [-0.3, -0.25) is 9.59 Å². The van der Waals surface area contributed by atoms with E-state index in [0.717, 1.165) is 5.56 Å². The van der Waals surface area contributed by atoms with E-state index in [-0.39, 0.29) is 0 Å². The molecule has 8 heteroatoms. The summed E-state index contributed by atoms with van der Waals surface area (Å²) in [6, 6.07) is 10.1. The Hall–Kier alpha value is -3.06. The van der Waals surface area contributed by atoms with Gasteiger partial charge in [0.05, 0.1) is 20.4 Å². The molecule has 2 rings (SSSR count). The molecule has 136 valence electrons. The standard InChI is InChI=1S/C18H18ClN3O4/c1-11-4-6-13(19)8-15(11)21-17(23)18(24)22-20-10-12-5-7-14(25-2)9-16(12)26-3/h4-10H,1-3H3,(H,21,23)(H,22,24). The molecule has 0 aliphatic rings. The number of rotatable bonds is 5. The third kappa shape index (κ3) is 4.97. The summed E-state index contributed by atoms with van der Waals surface area (Å²) >= 11 is 5.89. The Balaban J connectivity index is 2.00. The number of benzene rings is 2. The molecule has 0 heterocycles. The third-order valence-electron chi connectivity index (χ3n) is 3.46. The van der Waals surface area contributed by atoms with Gasteiger partial charge in [-0.2, -0.15) is 5.10 Å². The van der Waals surface area contributed by atoms with Gasteiger partial charge in [-0.25, -0.2) is 5.43 Å². The number of carbonyl (C=O) groups excluding carboxylic acids is 2. The second kappa shape index (κ2) is 8.87. The predicted octanol–water partition coefficient (Wildman–Crippen LogP) is 2.75. The average Bonchev–Trinajstić information content (AvgIpc) is 2.64. The van der Waals surface area contributed by atoms with Crippen molar-refractivity contribution in [3.63, 3.8) is 0 Å². The molecular weight excluding hydrogens is 358 g/mol. The van der Waals surface area contributed by atoms with Gasteiger partial charge in [-0.1, -0.05) is 17.7 Å². The molecule has 0 unspecified atom stereocenters. The summed E-state index contributed by atoms with van der Waals surface area (Å²) in [4.78, 5) is 23.8. The average molecular weight is 376 g/mol. The van der Waals surface area contributed by atoms with Gasteiger partial charge in [-0.15, -0.1) is 0 Å². The van der Waals surface area contributed by atoms with Gasteiger partial charge in [0.25, 0.3) is 0 Å². The van der Waals surface area contributed by atoms with E-state index in [2.05, 4.69) is 15.8 Å². The van der Waals surface area contributed by atoms with Crippen molar-refractivity contribution in [2.24, 2.45) is 5.10 Å². The Kier molecular flexibility index (Phi) is 6.57. The smallest absolute Gasteiger partial charge is 0.329 e. The van der Waals surface area contributed by atoms with Crippen molar-refractivity contribution in [1.29, 1.82) is 0 Å². The number of hydrazone groups is 1. The lowest BCUT2D eigenvalue weighted by Gasteiger charge is -2.08. The Morgan fingerprint density at radius 3 is 2.54 bits per heavy atom. The Labute approximate surface area is 155 Å². The molecule has 0 atom stereocenters. The summed E-state index contributed by atoms with van der Waals surface area (Å²) in [6.07, 6.45) is 1.37. The highest BCUT2D eigenvalue weighted by atomic mass is 35.5. The number of anilines is 1. The van der Waals surface area contributed by atoms with Crippen LogP contribution >= 0.6 is 11.6 Å². The van der Waals surface area contributed by atoms with Crippen molar-refractivity contribution in [1.82, 2.24) is 5.43 Å². The first-order valence-corrected chi connectivity index (χ1v) is 7.95.